The molecule has 4 nitrogen and oxygen atoms in total. The van der Waals surface area contributed by atoms with Crippen molar-refractivity contribution in [3.8, 4) is 5.75 Å². The van der Waals surface area contributed by atoms with Crippen LogP contribution in [-0.4, -0.2) is 38.2 Å². The zero-order chi connectivity index (χ0) is 13.7. The Balaban J connectivity index is 2.90. The largest absolute Gasteiger partial charge is 0.488 e. The number of benzene rings is 1. The Morgan fingerprint density at radius 1 is 1.44 bits per heavy atom. The molecule has 0 bridgehead atoms. The summed E-state index contributed by atoms with van der Waals surface area (Å²) in [7, 11) is 2.83. The molecule has 0 N–H and O–H groups in total. The van der Waals surface area contributed by atoms with Gasteiger partial charge in [0, 0.05) is 12.6 Å². The van der Waals surface area contributed by atoms with Crippen LogP contribution in [0.15, 0.2) is 18.2 Å². The molecule has 0 fully saturated rings. The van der Waals surface area contributed by atoms with Crippen molar-refractivity contribution in [2.45, 2.75) is 13.3 Å². The van der Waals surface area contributed by atoms with Crippen LogP contribution in [0.25, 0.3) is 0 Å². The molecule has 0 atom stereocenters. The van der Waals surface area contributed by atoms with Gasteiger partial charge in [-0.3, -0.25) is 9.63 Å². The van der Waals surface area contributed by atoms with Crippen molar-refractivity contribution in [1.29, 1.82) is 0 Å². The lowest BCUT2D eigenvalue weighted by atomic mass is 10.1. The predicted octanol–water partition coefficient (Wildman–Crippen LogP) is 2.27. The molecule has 0 aliphatic rings. The molecule has 0 saturated carbocycles. The number of alkyl halides is 2. The summed E-state index contributed by atoms with van der Waals surface area (Å²) in [4.78, 5) is 16.7. The summed E-state index contributed by atoms with van der Waals surface area (Å²) in [6, 6.07) is 4.61. The highest BCUT2D eigenvalue weighted by molar-refractivity contribution is 5.95. The minimum absolute atomic E-state index is 0.230. The van der Waals surface area contributed by atoms with Crippen molar-refractivity contribution in [2.24, 2.45) is 0 Å². The Hall–Kier alpha value is -1.69. The molecule has 1 amide bonds. The van der Waals surface area contributed by atoms with E-state index in [1.165, 1.54) is 20.2 Å². The van der Waals surface area contributed by atoms with Gasteiger partial charge in [-0.05, 0) is 24.6 Å². The van der Waals surface area contributed by atoms with Crippen LogP contribution in [0.3, 0.4) is 0 Å². The first kappa shape index (κ1) is 14.4. The number of amides is 1. The van der Waals surface area contributed by atoms with Gasteiger partial charge < -0.3 is 4.74 Å². The third-order valence-electron chi connectivity index (χ3n) is 2.38. The predicted molar refractivity (Wildman–Crippen MR) is 61.8 cm³/mol. The normalized spacial score (nSPS) is 10.6. The smallest absolute Gasteiger partial charge is 0.277 e. The van der Waals surface area contributed by atoms with E-state index in [-0.39, 0.29) is 11.7 Å². The second-order valence-corrected chi connectivity index (χ2v) is 3.66. The molecule has 0 aromatic heterocycles. The molecule has 6 heteroatoms. The van der Waals surface area contributed by atoms with Crippen molar-refractivity contribution >= 4 is 5.91 Å². The monoisotopic (exact) mass is 259 g/mol. The van der Waals surface area contributed by atoms with Gasteiger partial charge in [0.05, 0.1) is 7.11 Å². The van der Waals surface area contributed by atoms with Gasteiger partial charge in [0.2, 0.25) is 0 Å². The molecule has 1 rings (SSSR count). The first-order valence-electron chi connectivity index (χ1n) is 5.29. The van der Waals surface area contributed by atoms with Gasteiger partial charge in [0.1, 0.15) is 12.4 Å². The third-order valence-corrected chi connectivity index (χ3v) is 2.38. The second-order valence-electron chi connectivity index (χ2n) is 3.66. The van der Waals surface area contributed by atoms with Crippen molar-refractivity contribution in [3.63, 3.8) is 0 Å². The zero-order valence-electron chi connectivity index (χ0n) is 10.4. The Morgan fingerprint density at radius 3 is 2.67 bits per heavy atom. The SMILES string of the molecule is CON(C)C(=O)c1cc(OCC(F)F)ccc1C. The number of rotatable bonds is 5. The third kappa shape index (κ3) is 3.66. The minimum atomic E-state index is -2.55. The lowest BCUT2D eigenvalue weighted by molar-refractivity contribution is -0.0757. The van der Waals surface area contributed by atoms with Crippen molar-refractivity contribution < 1.29 is 23.1 Å². The molecule has 0 aliphatic carbocycles. The number of nitrogens with zero attached hydrogens (tertiary/aromatic N) is 1. The van der Waals surface area contributed by atoms with E-state index in [1.807, 2.05) is 0 Å². The summed E-state index contributed by atoms with van der Waals surface area (Å²) in [6.07, 6.45) is -2.55. The summed E-state index contributed by atoms with van der Waals surface area (Å²) in [6.45, 7) is 1.05. The summed E-state index contributed by atoms with van der Waals surface area (Å²) in [5.41, 5.74) is 1.07. The van der Waals surface area contributed by atoms with Crippen LogP contribution in [0.4, 0.5) is 8.78 Å². The zero-order valence-corrected chi connectivity index (χ0v) is 10.4. The van der Waals surface area contributed by atoms with Gasteiger partial charge in [0.15, 0.2) is 0 Å². The fraction of sp³-hybridized carbons (Fsp3) is 0.417. The highest BCUT2D eigenvalue weighted by Crippen LogP contribution is 2.19. The number of halogens is 2. The first-order chi connectivity index (χ1) is 8.45. The van der Waals surface area contributed by atoms with Crippen LogP contribution in [0.2, 0.25) is 0 Å². The maximum Gasteiger partial charge on any atom is 0.277 e. The van der Waals surface area contributed by atoms with Crippen molar-refractivity contribution in [3.05, 3.63) is 29.3 Å². The molecule has 0 unspecified atom stereocenters. The fourth-order valence-electron chi connectivity index (χ4n) is 1.33. The van der Waals surface area contributed by atoms with Crippen LogP contribution in [-0.2, 0) is 4.84 Å². The summed E-state index contributed by atoms with van der Waals surface area (Å²) in [5, 5.41) is 1.05. The molecule has 0 spiro atoms. The highest BCUT2D eigenvalue weighted by atomic mass is 19.3. The van der Waals surface area contributed by atoms with Crippen LogP contribution in [0, 0.1) is 6.92 Å². The molecular formula is C12H15F2NO3. The van der Waals surface area contributed by atoms with Gasteiger partial charge in [-0.25, -0.2) is 13.8 Å². The number of carbonyl (C=O) groups excluding carboxylic acids is 1. The molecule has 0 heterocycles. The summed E-state index contributed by atoms with van der Waals surface area (Å²) in [5.74, 6) is -0.133. The number of carbonyl (C=O) groups is 1. The van der Waals surface area contributed by atoms with Gasteiger partial charge in [0.25, 0.3) is 12.3 Å². The lowest BCUT2D eigenvalue weighted by Gasteiger charge is -2.16. The van der Waals surface area contributed by atoms with Gasteiger partial charge >= 0.3 is 0 Å². The number of hydroxylamine groups is 2. The maximum atomic E-state index is 12.0. The standard InChI is InChI=1S/C12H15F2NO3/c1-8-4-5-9(18-7-11(13)14)6-10(8)12(16)15(2)17-3/h4-6,11H,7H2,1-3H3. The van der Waals surface area contributed by atoms with Crippen LogP contribution < -0.4 is 4.74 Å². The molecule has 0 radical (unpaired) electrons. The number of ether oxygens (including phenoxy) is 1. The van der Waals surface area contributed by atoms with E-state index in [4.69, 9.17) is 9.57 Å². The van der Waals surface area contributed by atoms with E-state index in [2.05, 4.69) is 0 Å². The molecule has 1 aromatic rings. The van der Waals surface area contributed by atoms with E-state index in [9.17, 15) is 13.6 Å². The molecule has 18 heavy (non-hydrogen) atoms. The number of aryl methyl sites for hydroxylation is 1. The van der Waals surface area contributed by atoms with E-state index >= 15 is 0 Å². The molecule has 1 aromatic carbocycles. The quantitative estimate of drug-likeness (QED) is 0.761. The first-order valence-corrected chi connectivity index (χ1v) is 5.29. The summed E-state index contributed by atoms with van der Waals surface area (Å²) < 4.78 is 28.9. The Kier molecular flexibility index (Phi) is 5.03. The average molecular weight is 259 g/mol. The van der Waals surface area contributed by atoms with Gasteiger partial charge in [-0.15, -0.1) is 0 Å². The maximum absolute atomic E-state index is 12.0. The van der Waals surface area contributed by atoms with Crippen LogP contribution in [0.1, 0.15) is 15.9 Å². The molecule has 0 aliphatic heterocycles. The number of hydrogen-bond donors (Lipinski definition) is 0. The van der Waals surface area contributed by atoms with Gasteiger partial charge in [-0.1, -0.05) is 6.07 Å². The molecule has 0 saturated heterocycles. The van der Waals surface area contributed by atoms with Gasteiger partial charge in [-0.2, -0.15) is 0 Å². The van der Waals surface area contributed by atoms with E-state index in [0.29, 0.717) is 11.1 Å². The van der Waals surface area contributed by atoms with E-state index < -0.39 is 13.0 Å². The average Bonchev–Trinajstić information content (AvgIpc) is 2.35. The summed E-state index contributed by atoms with van der Waals surface area (Å²) >= 11 is 0. The second kappa shape index (κ2) is 6.30. The highest BCUT2D eigenvalue weighted by Gasteiger charge is 2.15. The lowest BCUT2D eigenvalue weighted by Crippen LogP contribution is -2.26. The Bertz CT molecular complexity index is 424. The van der Waals surface area contributed by atoms with E-state index in [0.717, 1.165) is 5.06 Å². The topological polar surface area (TPSA) is 38.8 Å². The Morgan fingerprint density at radius 2 is 2.11 bits per heavy atom. The Labute approximate surface area is 104 Å². The molecular weight excluding hydrogens is 244 g/mol. The molecule has 100 valence electrons. The van der Waals surface area contributed by atoms with Crippen LogP contribution in [0.5, 0.6) is 5.75 Å². The van der Waals surface area contributed by atoms with Crippen molar-refractivity contribution in [1.82, 2.24) is 5.06 Å². The number of hydrogen-bond acceptors (Lipinski definition) is 3. The fourth-order valence-corrected chi connectivity index (χ4v) is 1.33. The van der Waals surface area contributed by atoms with E-state index in [1.54, 1.807) is 19.1 Å². The van der Waals surface area contributed by atoms with Crippen molar-refractivity contribution in [2.75, 3.05) is 20.8 Å². The minimum Gasteiger partial charge on any atom is -0.488 e. The van der Waals surface area contributed by atoms with Crippen LogP contribution >= 0.6 is 0 Å².